The Labute approximate surface area is 185 Å². The standard InChI is InChI=1S/C24H25FN6O/c25-19-6-3-4-17(12-19)13-24(32)26-15-23-29-28-22-8-9-30(10-11-31(22)23)16-20-14-18-5-1-2-7-21(18)27-20/h1-7,12,14,27H,8-11,13,15-16H2,(H,26,32). The zero-order valence-corrected chi connectivity index (χ0v) is 17.7. The van der Waals surface area contributed by atoms with Crippen LogP contribution in [0.25, 0.3) is 10.9 Å². The van der Waals surface area contributed by atoms with Crippen LogP contribution in [0, 0.1) is 5.82 Å². The molecule has 0 atom stereocenters. The number of carbonyl (C=O) groups is 1. The first-order valence-corrected chi connectivity index (χ1v) is 10.8. The van der Waals surface area contributed by atoms with Crippen LogP contribution in [0.2, 0.25) is 0 Å². The van der Waals surface area contributed by atoms with Gasteiger partial charge in [0.15, 0.2) is 5.82 Å². The van der Waals surface area contributed by atoms with Crippen LogP contribution < -0.4 is 5.32 Å². The molecule has 0 fully saturated rings. The van der Waals surface area contributed by atoms with E-state index in [1.54, 1.807) is 12.1 Å². The number of halogens is 1. The zero-order valence-electron chi connectivity index (χ0n) is 17.7. The Morgan fingerprint density at radius 1 is 1.06 bits per heavy atom. The van der Waals surface area contributed by atoms with Gasteiger partial charge in [-0.2, -0.15) is 0 Å². The quantitative estimate of drug-likeness (QED) is 0.491. The number of amides is 1. The fourth-order valence-electron chi connectivity index (χ4n) is 4.25. The van der Waals surface area contributed by atoms with E-state index < -0.39 is 0 Å². The molecule has 8 heteroatoms. The summed E-state index contributed by atoms with van der Waals surface area (Å²) >= 11 is 0. The molecule has 1 aliphatic rings. The van der Waals surface area contributed by atoms with Crippen LogP contribution in [0.4, 0.5) is 4.39 Å². The van der Waals surface area contributed by atoms with Gasteiger partial charge in [-0.05, 0) is 35.2 Å². The molecule has 7 nitrogen and oxygen atoms in total. The SMILES string of the molecule is O=C(Cc1cccc(F)c1)NCc1nnc2n1CCN(Cc1cc3ccccc3[nH]1)CC2. The summed E-state index contributed by atoms with van der Waals surface area (Å²) in [4.78, 5) is 18.2. The first-order chi connectivity index (χ1) is 15.6. The molecule has 4 aromatic rings. The van der Waals surface area contributed by atoms with E-state index in [2.05, 4.69) is 54.2 Å². The number of H-pyrrole nitrogens is 1. The maximum absolute atomic E-state index is 13.3. The number of hydrogen-bond donors (Lipinski definition) is 2. The second kappa shape index (κ2) is 8.92. The van der Waals surface area contributed by atoms with E-state index in [-0.39, 0.29) is 18.1 Å². The largest absolute Gasteiger partial charge is 0.357 e. The molecular weight excluding hydrogens is 407 g/mol. The molecule has 2 aromatic carbocycles. The minimum Gasteiger partial charge on any atom is -0.357 e. The lowest BCUT2D eigenvalue weighted by molar-refractivity contribution is -0.120. The fourth-order valence-corrected chi connectivity index (χ4v) is 4.25. The second-order valence-electron chi connectivity index (χ2n) is 8.18. The van der Waals surface area contributed by atoms with Gasteiger partial charge in [-0.25, -0.2) is 4.39 Å². The van der Waals surface area contributed by atoms with Crippen LogP contribution >= 0.6 is 0 Å². The monoisotopic (exact) mass is 432 g/mol. The van der Waals surface area contributed by atoms with Gasteiger partial charge in [-0.3, -0.25) is 9.69 Å². The average molecular weight is 433 g/mol. The number of fused-ring (bicyclic) bond motifs is 2. The Morgan fingerprint density at radius 2 is 1.97 bits per heavy atom. The van der Waals surface area contributed by atoms with Crippen molar-refractivity contribution >= 4 is 16.8 Å². The number of para-hydroxylation sites is 1. The summed E-state index contributed by atoms with van der Waals surface area (Å²) in [7, 11) is 0. The Balaban J connectivity index is 1.18. The number of hydrogen-bond acceptors (Lipinski definition) is 4. The predicted octanol–water partition coefficient (Wildman–Crippen LogP) is 2.82. The molecule has 0 saturated carbocycles. The smallest absolute Gasteiger partial charge is 0.224 e. The van der Waals surface area contributed by atoms with Gasteiger partial charge in [0.1, 0.15) is 11.6 Å². The van der Waals surface area contributed by atoms with Crippen molar-refractivity contribution < 1.29 is 9.18 Å². The molecular formula is C24H25FN6O. The van der Waals surface area contributed by atoms with Crippen LogP contribution in [0.1, 0.15) is 22.9 Å². The molecule has 32 heavy (non-hydrogen) atoms. The maximum atomic E-state index is 13.3. The van der Waals surface area contributed by atoms with E-state index in [1.807, 2.05) is 6.07 Å². The molecule has 164 valence electrons. The highest BCUT2D eigenvalue weighted by atomic mass is 19.1. The first-order valence-electron chi connectivity index (χ1n) is 10.8. The highest BCUT2D eigenvalue weighted by Gasteiger charge is 2.19. The minimum absolute atomic E-state index is 0.136. The third-order valence-electron chi connectivity index (χ3n) is 5.87. The molecule has 2 N–H and O–H groups in total. The van der Waals surface area contributed by atoms with E-state index >= 15 is 0 Å². The van der Waals surface area contributed by atoms with Gasteiger partial charge in [-0.1, -0.05) is 30.3 Å². The van der Waals surface area contributed by atoms with Crippen molar-refractivity contribution in [3.8, 4) is 0 Å². The van der Waals surface area contributed by atoms with Crippen LogP contribution in [-0.4, -0.2) is 43.6 Å². The van der Waals surface area contributed by atoms with E-state index in [0.29, 0.717) is 12.1 Å². The second-order valence-corrected chi connectivity index (χ2v) is 8.18. The van der Waals surface area contributed by atoms with Gasteiger partial charge in [0.05, 0.1) is 13.0 Å². The number of nitrogens with zero attached hydrogens (tertiary/aromatic N) is 4. The number of nitrogens with one attached hydrogen (secondary N) is 2. The number of aromatic nitrogens is 4. The summed E-state index contributed by atoms with van der Waals surface area (Å²) < 4.78 is 15.4. The molecule has 2 aromatic heterocycles. The maximum Gasteiger partial charge on any atom is 0.224 e. The van der Waals surface area contributed by atoms with Crippen LogP contribution in [0.5, 0.6) is 0 Å². The van der Waals surface area contributed by atoms with Crippen molar-refractivity contribution in [2.45, 2.75) is 32.5 Å². The lowest BCUT2D eigenvalue weighted by Gasteiger charge is -2.18. The molecule has 0 saturated heterocycles. The van der Waals surface area contributed by atoms with Gasteiger partial charge in [-0.15, -0.1) is 10.2 Å². The van der Waals surface area contributed by atoms with Gasteiger partial charge < -0.3 is 14.9 Å². The molecule has 0 spiro atoms. The van der Waals surface area contributed by atoms with Crippen molar-refractivity contribution in [1.82, 2.24) is 30.0 Å². The Hall–Kier alpha value is -3.52. The summed E-state index contributed by atoms with van der Waals surface area (Å²) in [5.41, 5.74) is 3.01. The van der Waals surface area contributed by atoms with Crippen molar-refractivity contribution in [2.24, 2.45) is 0 Å². The van der Waals surface area contributed by atoms with Crippen molar-refractivity contribution in [1.29, 1.82) is 0 Å². The van der Waals surface area contributed by atoms with Crippen molar-refractivity contribution in [3.05, 3.63) is 83.3 Å². The lowest BCUT2D eigenvalue weighted by Crippen LogP contribution is -2.28. The van der Waals surface area contributed by atoms with Crippen molar-refractivity contribution in [3.63, 3.8) is 0 Å². The first kappa shape index (κ1) is 20.4. The normalized spacial score (nSPS) is 14.3. The molecule has 1 aliphatic heterocycles. The molecule has 0 radical (unpaired) electrons. The highest BCUT2D eigenvalue weighted by Crippen LogP contribution is 2.17. The number of carbonyl (C=O) groups excluding carboxylic acids is 1. The van der Waals surface area contributed by atoms with E-state index in [0.717, 1.165) is 49.8 Å². The molecule has 3 heterocycles. The van der Waals surface area contributed by atoms with E-state index in [9.17, 15) is 9.18 Å². The molecule has 0 aliphatic carbocycles. The Bertz CT molecular complexity index is 1210. The Morgan fingerprint density at radius 3 is 2.84 bits per heavy atom. The highest BCUT2D eigenvalue weighted by molar-refractivity contribution is 5.80. The van der Waals surface area contributed by atoms with Gasteiger partial charge in [0.2, 0.25) is 5.91 Å². The zero-order chi connectivity index (χ0) is 21.9. The van der Waals surface area contributed by atoms with Crippen LogP contribution in [-0.2, 0) is 37.3 Å². The molecule has 0 bridgehead atoms. The molecule has 5 rings (SSSR count). The fraction of sp³-hybridized carbons (Fsp3) is 0.292. The summed E-state index contributed by atoms with van der Waals surface area (Å²) in [5.74, 6) is 1.19. The topological polar surface area (TPSA) is 78.8 Å². The summed E-state index contributed by atoms with van der Waals surface area (Å²) in [6.45, 7) is 3.72. The summed E-state index contributed by atoms with van der Waals surface area (Å²) in [6.07, 6.45) is 0.946. The third kappa shape index (κ3) is 4.55. The van der Waals surface area contributed by atoms with Gasteiger partial charge >= 0.3 is 0 Å². The van der Waals surface area contributed by atoms with Gasteiger partial charge in [0, 0.05) is 43.8 Å². The third-order valence-corrected chi connectivity index (χ3v) is 5.87. The number of aromatic amines is 1. The average Bonchev–Trinajstić information content (AvgIpc) is 3.31. The van der Waals surface area contributed by atoms with E-state index in [4.69, 9.17) is 0 Å². The Kier molecular flexibility index (Phi) is 5.68. The van der Waals surface area contributed by atoms with Crippen LogP contribution in [0.15, 0.2) is 54.6 Å². The number of benzene rings is 2. The predicted molar refractivity (Wildman–Crippen MR) is 119 cm³/mol. The number of rotatable bonds is 6. The van der Waals surface area contributed by atoms with Gasteiger partial charge in [0.25, 0.3) is 0 Å². The minimum atomic E-state index is -0.338. The molecule has 1 amide bonds. The van der Waals surface area contributed by atoms with Crippen molar-refractivity contribution in [2.75, 3.05) is 13.1 Å². The van der Waals surface area contributed by atoms with Crippen LogP contribution in [0.3, 0.4) is 0 Å². The lowest BCUT2D eigenvalue weighted by atomic mass is 10.1. The summed E-state index contributed by atoms with van der Waals surface area (Å²) in [5, 5.41) is 12.7. The van der Waals surface area contributed by atoms with E-state index in [1.165, 1.54) is 23.2 Å². The molecule has 0 unspecified atom stereocenters. The summed E-state index contributed by atoms with van der Waals surface area (Å²) in [6, 6.07) is 16.6.